The van der Waals surface area contributed by atoms with Crippen molar-refractivity contribution < 1.29 is 10.2 Å². The highest BCUT2D eigenvalue weighted by Crippen LogP contribution is 2.63. The Morgan fingerprint density at radius 1 is 1.36 bits per heavy atom. The Kier molecular flexibility index (Phi) is 1.37. The van der Waals surface area contributed by atoms with Crippen molar-refractivity contribution in [3.05, 3.63) is 0 Å². The van der Waals surface area contributed by atoms with E-state index in [2.05, 4.69) is 0 Å². The zero-order valence-electron chi connectivity index (χ0n) is 7.01. The summed E-state index contributed by atoms with van der Waals surface area (Å²) in [6.45, 7) is 1.85. The van der Waals surface area contributed by atoms with E-state index < -0.39 is 5.60 Å². The molecule has 3 atom stereocenters. The Hall–Kier alpha value is -0.0800. The van der Waals surface area contributed by atoms with Crippen molar-refractivity contribution in [1.29, 1.82) is 0 Å². The lowest BCUT2D eigenvalue weighted by molar-refractivity contribution is -0.00522. The van der Waals surface area contributed by atoms with Gasteiger partial charge in [-0.3, -0.25) is 0 Å². The Morgan fingerprint density at radius 3 is 2.36 bits per heavy atom. The summed E-state index contributed by atoms with van der Waals surface area (Å²) < 4.78 is 0. The number of hydrogen-bond donors (Lipinski definition) is 2. The van der Waals surface area contributed by atoms with Gasteiger partial charge in [0.05, 0.1) is 11.7 Å². The molecule has 0 heterocycles. The van der Waals surface area contributed by atoms with E-state index in [0.717, 1.165) is 25.7 Å². The van der Waals surface area contributed by atoms with Crippen LogP contribution in [0.2, 0.25) is 0 Å². The van der Waals surface area contributed by atoms with Gasteiger partial charge in [0.2, 0.25) is 0 Å². The Balaban J connectivity index is 2.13. The Morgan fingerprint density at radius 2 is 2.00 bits per heavy atom. The van der Waals surface area contributed by atoms with Crippen molar-refractivity contribution in [1.82, 2.24) is 0 Å². The van der Waals surface area contributed by atoms with Crippen molar-refractivity contribution in [2.75, 3.05) is 0 Å². The van der Waals surface area contributed by atoms with E-state index in [1.54, 1.807) is 0 Å². The minimum absolute atomic E-state index is 0.106. The first-order valence-electron chi connectivity index (χ1n) is 4.49. The fraction of sp³-hybridized carbons (Fsp3) is 1.00. The van der Waals surface area contributed by atoms with Crippen LogP contribution in [0.1, 0.15) is 39.0 Å². The average molecular weight is 156 g/mol. The van der Waals surface area contributed by atoms with Crippen LogP contribution in [0.3, 0.4) is 0 Å². The number of hydrogen-bond acceptors (Lipinski definition) is 2. The maximum atomic E-state index is 9.72. The summed E-state index contributed by atoms with van der Waals surface area (Å²) in [5.41, 5.74) is -0.669. The van der Waals surface area contributed by atoms with E-state index in [4.69, 9.17) is 0 Å². The zero-order valence-corrected chi connectivity index (χ0v) is 7.01. The van der Waals surface area contributed by atoms with Crippen LogP contribution in [0.4, 0.5) is 0 Å². The maximum Gasteiger partial charge on any atom is 0.0708 e. The number of rotatable bonds is 0. The molecule has 0 bridgehead atoms. The highest BCUT2D eigenvalue weighted by atomic mass is 16.3. The molecule has 2 aliphatic rings. The van der Waals surface area contributed by atoms with E-state index in [-0.39, 0.29) is 11.5 Å². The molecule has 0 amide bonds. The molecule has 11 heavy (non-hydrogen) atoms. The summed E-state index contributed by atoms with van der Waals surface area (Å²) in [4.78, 5) is 0. The quantitative estimate of drug-likeness (QED) is 0.550. The molecular formula is C9H16O2. The first kappa shape index (κ1) is 7.56. The second kappa shape index (κ2) is 1.99. The zero-order chi connectivity index (χ0) is 8.11. The van der Waals surface area contributed by atoms with Gasteiger partial charge in [-0.25, -0.2) is 0 Å². The van der Waals surface area contributed by atoms with Crippen LogP contribution in [0.5, 0.6) is 0 Å². The van der Waals surface area contributed by atoms with Crippen molar-refractivity contribution in [2.45, 2.75) is 50.7 Å². The van der Waals surface area contributed by atoms with E-state index in [9.17, 15) is 10.2 Å². The summed E-state index contributed by atoms with van der Waals surface area (Å²) in [5, 5.41) is 19.4. The van der Waals surface area contributed by atoms with Crippen molar-refractivity contribution in [3.8, 4) is 0 Å². The van der Waals surface area contributed by atoms with Gasteiger partial charge in [0.25, 0.3) is 0 Å². The second-order valence-corrected chi connectivity index (χ2v) is 4.37. The molecule has 0 aliphatic heterocycles. The van der Waals surface area contributed by atoms with Crippen LogP contribution < -0.4 is 0 Å². The highest BCUT2D eigenvalue weighted by Gasteiger charge is 2.67. The fourth-order valence-corrected chi connectivity index (χ4v) is 2.63. The van der Waals surface area contributed by atoms with Crippen LogP contribution in [0, 0.1) is 5.41 Å². The molecule has 2 fully saturated rings. The molecule has 2 rings (SSSR count). The normalized spacial score (nSPS) is 56.5. The third kappa shape index (κ3) is 0.859. The molecule has 0 aromatic rings. The van der Waals surface area contributed by atoms with E-state index >= 15 is 0 Å². The van der Waals surface area contributed by atoms with Crippen molar-refractivity contribution in [3.63, 3.8) is 0 Å². The van der Waals surface area contributed by atoms with Crippen LogP contribution in [0.25, 0.3) is 0 Å². The first-order chi connectivity index (χ1) is 5.08. The third-order valence-electron chi connectivity index (χ3n) is 3.60. The van der Waals surface area contributed by atoms with Crippen molar-refractivity contribution in [2.24, 2.45) is 5.41 Å². The summed E-state index contributed by atoms with van der Waals surface area (Å²) in [5.74, 6) is 0. The highest BCUT2D eigenvalue weighted by molar-refractivity contribution is 5.17. The molecule has 0 radical (unpaired) electrons. The maximum absolute atomic E-state index is 9.72. The minimum Gasteiger partial charge on any atom is -0.392 e. The molecule has 2 nitrogen and oxygen atoms in total. The van der Waals surface area contributed by atoms with E-state index in [0.29, 0.717) is 0 Å². The molecule has 0 aromatic heterocycles. The lowest BCUT2D eigenvalue weighted by Crippen LogP contribution is -2.33. The summed E-state index contributed by atoms with van der Waals surface area (Å²) in [7, 11) is 0. The van der Waals surface area contributed by atoms with Gasteiger partial charge < -0.3 is 10.2 Å². The Bertz CT molecular complexity index is 176. The monoisotopic (exact) mass is 156 g/mol. The predicted octanol–water partition coefficient (Wildman–Crippen LogP) is 1.06. The lowest BCUT2D eigenvalue weighted by Gasteiger charge is -2.29. The van der Waals surface area contributed by atoms with Crippen LogP contribution >= 0.6 is 0 Å². The average Bonchev–Trinajstić information content (AvgIpc) is 2.45. The number of aliphatic hydroxyl groups is 2. The molecule has 2 N–H and O–H groups in total. The predicted molar refractivity (Wildman–Crippen MR) is 42.1 cm³/mol. The SMILES string of the molecule is C[C@@]1(O)C[C@]12CCCC[C@@H]2O. The van der Waals surface area contributed by atoms with Crippen LogP contribution in [-0.2, 0) is 0 Å². The molecule has 2 aliphatic carbocycles. The minimum atomic E-state index is -0.563. The van der Waals surface area contributed by atoms with E-state index in [1.165, 1.54) is 6.42 Å². The third-order valence-corrected chi connectivity index (χ3v) is 3.60. The van der Waals surface area contributed by atoms with Crippen LogP contribution in [0.15, 0.2) is 0 Å². The molecular weight excluding hydrogens is 140 g/mol. The van der Waals surface area contributed by atoms with Crippen molar-refractivity contribution >= 4 is 0 Å². The molecule has 1 spiro atoms. The molecule has 0 saturated heterocycles. The summed E-state index contributed by atoms with van der Waals surface area (Å²) >= 11 is 0. The first-order valence-corrected chi connectivity index (χ1v) is 4.49. The lowest BCUT2D eigenvalue weighted by atomic mass is 9.81. The van der Waals surface area contributed by atoms with Gasteiger partial charge in [0.15, 0.2) is 0 Å². The Labute approximate surface area is 67.2 Å². The largest absolute Gasteiger partial charge is 0.392 e. The van der Waals surface area contributed by atoms with Gasteiger partial charge in [-0.15, -0.1) is 0 Å². The fourth-order valence-electron chi connectivity index (χ4n) is 2.63. The number of aliphatic hydroxyl groups excluding tert-OH is 1. The van der Waals surface area contributed by atoms with Gasteiger partial charge >= 0.3 is 0 Å². The molecule has 0 unspecified atom stereocenters. The standard InChI is InChI=1S/C9H16O2/c1-8(11)6-9(8)5-3-2-4-7(9)10/h7,10-11H,2-6H2,1H3/t7-,8+,9-/m0/s1. The summed E-state index contributed by atoms with van der Waals surface area (Å²) in [6, 6.07) is 0. The topological polar surface area (TPSA) is 40.5 Å². The van der Waals surface area contributed by atoms with Crippen LogP contribution in [-0.4, -0.2) is 21.9 Å². The van der Waals surface area contributed by atoms with Gasteiger partial charge in [0.1, 0.15) is 0 Å². The van der Waals surface area contributed by atoms with Gasteiger partial charge in [-0.2, -0.15) is 0 Å². The van der Waals surface area contributed by atoms with Gasteiger partial charge in [-0.1, -0.05) is 12.8 Å². The molecule has 2 heteroatoms. The molecule has 0 aromatic carbocycles. The second-order valence-electron chi connectivity index (χ2n) is 4.37. The molecule has 2 saturated carbocycles. The van der Waals surface area contributed by atoms with Gasteiger partial charge in [0, 0.05) is 5.41 Å². The summed E-state index contributed by atoms with van der Waals surface area (Å²) in [6.07, 6.45) is 4.76. The smallest absolute Gasteiger partial charge is 0.0708 e. The van der Waals surface area contributed by atoms with Gasteiger partial charge in [-0.05, 0) is 26.2 Å². The molecule has 64 valence electrons. The van der Waals surface area contributed by atoms with E-state index in [1.807, 2.05) is 6.92 Å².